The molecule has 0 aliphatic heterocycles. The molecule has 2 rings (SSSR count). The van der Waals surface area contributed by atoms with Gasteiger partial charge in [0, 0.05) is 5.56 Å². The molecule has 0 aromatic heterocycles. The maximum absolute atomic E-state index is 12.3. The summed E-state index contributed by atoms with van der Waals surface area (Å²) in [7, 11) is 0. The SMILES string of the molecule is Cc1ccc(C)c(C(=O)COc2ccccc2C(C)C)c1. The quantitative estimate of drug-likeness (QED) is 0.744. The van der Waals surface area contributed by atoms with Crippen molar-refractivity contribution in [3.63, 3.8) is 0 Å². The number of benzene rings is 2. The Balaban J connectivity index is 2.13. The fraction of sp³-hybridized carbons (Fsp3) is 0.316. The topological polar surface area (TPSA) is 26.3 Å². The number of aryl methyl sites for hydroxylation is 2. The predicted octanol–water partition coefficient (Wildman–Crippen LogP) is 4.69. The van der Waals surface area contributed by atoms with Crippen LogP contribution in [0.3, 0.4) is 0 Å². The summed E-state index contributed by atoms with van der Waals surface area (Å²) in [5, 5.41) is 0. The first-order valence-corrected chi connectivity index (χ1v) is 7.31. The average Bonchev–Trinajstić information content (AvgIpc) is 2.47. The second-order valence-corrected chi connectivity index (χ2v) is 5.72. The molecule has 21 heavy (non-hydrogen) atoms. The monoisotopic (exact) mass is 282 g/mol. The van der Waals surface area contributed by atoms with Gasteiger partial charge in [-0.05, 0) is 43.0 Å². The summed E-state index contributed by atoms with van der Waals surface area (Å²) in [6.45, 7) is 8.26. The molecule has 0 radical (unpaired) electrons. The van der Waals surface area contributed by atoms with Gasteiger partial charge >= 0.3 is 0 Å². The Morgan fingerprint density at radius 2 is 1.81 bits per heavy atom. The van der Waals surface area contributed by atoms with Crippen molar-refractivity contribution >= 4 is 5.78 Å². The number of para-hydroxylation sites is 1. The largest absolute Gasteiger partial charge is 0.485 e. The Bertz CT molecular complexity index is 642. The second-order valence-electron chi connectivity index (χ2n) is 5.72. The first-order valence-electron chi connectivity index (χ1n) is 7.31. The van der Waals surface area contributed by atoms with Gasteiger partial charge in [0.25, 0.3) is 0 Å². The maximum atomic E-state index is 12.3. The lowest BCUT2D eigenvalue weighted by Crippen LogP contribution is -2.14. The fourth-order valence-corrected chi connectivity index (χ4v) is 2.35. The van der Waals surface area contributed by atoms with E-state index in [1.54, 1.807) is 0 Å². The van der Waals surface area contributed by atoms with Crippen LogP contribution >= 0.6 is 0 Å². The number of rotatable bonds is 5. The van der Waals surface area contributed by atoms with E-state index in [9.17, 15) is 4.79 Å². The first-order chi connectivity index (χ1) is 9.99. The second kappa shape index (κ2) is 6.57. The van der Waals surface area contributed by atoms with Crippen molar-refractivity contribution in [2.75, 3.05) is 6.61 Å². The summed E-state index contributed by atoms with van der Waals surface area (Å²) in [6, 6.07) is 13.8. The lowest BCUT2D eigenvalue weighted by molar-refractivity contribution is 0.0920. The van der Waals surface area contributed by atoms with Crippen molar-refractivity contribution in [2.45, 2.75) is 33.6 Å². The third kappa shape index (κ3) is 3.72. The molecule has 110 valence electrons. The Morgan fingerprint density at radius 1 is 1.10 bits per heavy atom. The minimum atomic E-state index is 0.0229. The zero-order chi connectivity index (χ0) is 15.4. The molecule has 0 bridgehead atoms. The van der Waals surface area contributed by atoms with E-state index < -0.39 is 0 Å². The molecule has 2 heteroatoms. The van der Waals surface area contributed by atoms with E-state index in [1.807, 2.05) is 56.3 Å². The van der Waals surface area contributed by atoms with Crippen molar-refractivity contribution in [3.8, 4) is 5.75 Å². The van der Waals surface area contributed by atoms with Gasteiger partial charge in [-0.25, -0.2) is 0 Å². The van der Waals surface area contributed by atoms with Crippen molar-refractivity contribution in [1.82, 2.24) is 0 Å². The number of ether oxygens (including phenoxy) is 1. The van der Waals surface area contributed by atoms with Gasteiger partial charge in [0.05, 0.1) is 0 Å². The van der Waals surface area contributed by atoms with E-state index >= 15 is 0 Å². The van der Waals surface area contributed by atoms with E-state index in [1.165, 1.54) is 0 Å². The highest BCUT2D eigenvalue weighted by Gasteiger charge is 2.12. The van der Waals surface area contributed by atoms with Crippen molar-refractivity contribution in [3.05, 3.63) is 64.7 Å². The highest BCUT2D eigenvalue weighted by molar-refractivity contribution is 5.98. The third-order valence-electron chi connectivity index (χ3n) is 3.59. The van der Waals surface area contributed by atoms with Gasteiger partial charge in [0.1, 0.15) is 5.75 Å². The number of carbonyl (C=O) groups is 1. The molecule has 0 aliphatic rings. The Kier molecular flexibility index (Phi) is 4.79. The van der Waals surface area contributed by atoms with E-state index in [4.69, 9.17) is 4.74 Å². The van der Waals surface area contributed by atoms with Crippen LogP contribution in [-0.2, 0) is 0 Å². The van der Waals surface area contributed by atoms with Crippen LogP contribution in [0, 0.1) is 13.8 Å². The van der Waals surface area contributed by atoms with E-state index in [0.717, 1.165) is 28.0 Å². The maximum Gasteiger partial charge on any atom is 0.200 e. The highest BCUT2D eigenvalue weighted by atomic mass is 16.5. The summed E-state index contributed by atoms with van der Waals surface area (Å²) in [4.78, 5) is 12.3. The van der Waals surface area contributed by atoms with Gasteiger partial charge in [0.2, 0.25) is 0 Å². The van der Waals surface area contributed by atoms with Crippen LogP contribution in [0.5, 0.6) is 5.75 Å². The van der Waals surface area contributed by atoms with Crippen molar-refractivity contribution in [1.29, 1.82) is 0 Å². The number of Topliss-reactive ketones (excluding diaryl/α,β-unsaturated/α-hetero) is 1. The molecule has 2 nitrogen and oxygen atoms in total. The van der Waals surface area contributed by atoms with Gasteiger partial charge in [-0.3, -0.25) is 4.79 Å². The Labute approximate surface area is 126 Å². The van der Waals surface area contributed by atoms with Crippen LogP contribution in [0.2, 0.25) is 0 Å². The minimum absolute atomic E-state index is 0.0229. The standard InChI is InChI=1S/C19H22O2/c1-13(2)16-7-5-6-8-19(16)21-12-18(20)17-11-14(3)9-10-15(17)4/h5-11,13H,12H2,1-4H3. The van der Waals surface area contributed by atoms with Gasteiger partial charge in [-0.15, -0.1) is 0 Å². The van der Waals surface area contributed by atoms with Crippen LogP contribution in [0.15, 0.2) is 42.5 Å². The number of hydrogen-bond donors (Lipinski definition) is 0. The summed E-state index contributed by atoms with van der Waals surface area (Å²) in [6.07, 6.45) is 0. The summed E-state index contributed by atoms with van der Waals surface area (Å²) >= 11 is 0. The van der Waals surface area contributed by atoms with E-state index in [-0.39, 0.29) is 12.4 Å². The molecule has 0 fully saturated rings. The molecule has 0 unspecified atom stereocenters. The smallest absolute Gasteiger partial charge is 0.200 e. The van der Waals surface area contributed by atoms with Gasteiger partial charge in [-0.2, -0.15) is 0 Å². The molecule has 2 aromatic rings. The molecule has 0 N–H and O–H groups in total. The zero-order valence-corrected chi connectivity index (χ0v) is 13.1. The van der Waals surface area contributed by atoms with Crippen LogP contribution in [0.25, 0.3) is 0 Å². The minimum Gasteiger partial charge on any atom is -0.485 e. The first kappa shape index (κ1) is 15.3. The molecule has 2 aromatic carbocycles. The lowest BCUT2D eigenvalue weighted by atomic mass is 10.0. The number of ketones is 1. The molecule has 0 spiro atoms. The van der Waals surface area contributed by atoms with Gasteiger partial charge in [-0.1, -0.05) is 49.7 Å². The number of carbonyl (C=O) groups excluding carboxylic acids is 1. The lowest BCUT2D eigenvalue weighted by Gasteiger charge is -2.14. The average molecular weight is 282 g/mol. The molecular weight excluding hydrogens is 260 g/mol. The summed E-state index contributed by atoms with van der Waals surface area (Å²) < 4.78 is 5.76. The molecular formula is C19H22O2. The normalized spacial score (nSPS) is 10.7. The van der Waals surface area contributed by atoms with Crippen LogP contribution in [-0.4, -0.2) is 12.4 Å². The molecule has 0 amide bonds. The molecule has 0 atom stereocenters. The van der Waals surface area contributed by atoms with Gasteiger partial charge < -0.3 is 4.74 Å². The van der Waals surface area contributed by atoms with Gasteiger partial charge in [0.15, 0.2) is 12.4 Å². The predicted molar refractivity (Wildman–Crippen MR) is 86.3 cm³/mol. The van der Waals surface area contributed by atoms with Crippen LogP contribution in [0.4, 0.5) is 0 Å². The van der Waals surface area contributed by atoms with Crippen molar-refractivity contribution in [2.24, 2.45) is 0 Å². The molecule has 0 saturated heterocycles. The molecule has 0 saturated carbocycles. The molecule has 0 heterocycles. The zero-order valence-electron chi connectivity index (χ0n) is 13.1. The van der Waals surface area contributed by atoms with E-state index in [2.05, 4.69) is 13.8 Å². The Hall–Kier alpha value is -2.09. The summed E-state index contributed by atoms with van der Waals surface area (Å²) in [5.74, 6) is 1.19. The van der Waals surface area contributed by atoms with Crippen molar-refractivity contribution < 1.29 is 9.53 Å². The summed E-state index contributed by atoms with van der Waals surface area (Å²) in [5.41, 5.74) is 3.96. The number of hydrogen-bond acceptors (Lipinski definition) is 2. The van der Waals surface area contributed by atoms with E-state index in [0.29, 0.717) is 5.92 Å². The van der Waals surface area contributed by atoms with Crippen LogP contribution < -0.4 is 4.74 Å². The Morgan fingerprint density at radius 3 is 2.52 bits per heavy atom. The van der Waals surface area contributed by atoms with Crippen LogP contribution in [0.1, 0.15) is 46.8 Å². The third-order valence-corrected chi connectivity index (χ3v) is 3.59. The fourth-order valence-electron chi connectivity index (χ4n) is 2.35. The molecule has 0 aliphatic carbocycles. The highest BCUT2D eigenvalue weighted by Crippen LogP contribution is 2.26.